The number of hydrogen-bond donors (Lipinski definition) is 0. The first kappa shape index (κ1) is 28.9. The number of nitrogens with zero attached hydrogens (tertiary/aromatic N) is 6. The highest BCUT2D eigenvalue weighted by Gasteiger charge is 2.35. The molecule has 2 aliphatic heterocycles. The van der Waals surface area contributed by atoms with Crippen LogP contribution in [0.4, 0.5) is 5.69 Å². The predicted molar refractivity (Wildman–Crippen MR) is 214 cm³/mol. The second-order valence-corrected chi connectivity index (χ2v) is 13.4. The van der Waals surface area contributed by atoms with Gasteiger partial charge in [0.25, 0.3) is 0 Å². The lowest BCUT2D eigenvalue weighted by atomic mass is 9.89. The molecule has 0 amide bonds. The van der Waals surface area contributed by atoms with E-state index in [4.69, 9.17) is 20.0 Å². The molecule has 52 heavy (non-hydrogen) atoms. The molecule has 6 nitrogen and oxygen atoms in total. The molecule has 1 unspecified atom stereocenters. The highest BCUT2D eigenvalue weighted by Crippen LogP contribution is 2.42. The molecule has 0 bridgehead atoms. The number of pyridine rings is 1. The van der Waals surface area contributed by atoms with Gasteiger partial charge in [-0.05, 0) is 98.0 Å². The van der Waals surface area contributed by atoms with Crippen LogP contribution in [0.2, 0.25) is 0 Å². The molecular weight excluding hydrogens is 637 g/mol. The molecule has 0 spiro atoms. The van der Waals surface area contributed by atoms with Gasteiger partial charge in [-0.2, -0.15) is 0 Å². The van der Waals surface area contributed by atoms with Crippen LogP contribution in [0.25, 0.3) is 71.7 Å². The van der Waals surface area contributed by atoms with Crippen LogP contribution in [-0.2, 0) is 0 Å². The molecule has 0 radical (unpaired) electrons. The zero-order valence-electron chi connectivity index (χ0n) is 28.1. The Hall–Kier alpha value is -6.92. The minimum absolute atomic E-state index is 0.217. The van der Waals surface area contributed by atoms with Crippen LogP contribution in [0.3, 0.4) is 0 Å². The molecule has 6 heteroatoms. The molecule has 0 fully saturated rings. The number of aromatic nitrogens is 3. The van der Waals surface area contributed by atoms with Crippen LogP contribution in [0.1, 0.15) is 12.0 Å². The number of allylic oxidation sites excluding steroid dienone is 1. The number of imidazole rings is 1. The van der Waals surface area contributed by atoms with Gasteiger partial charge in [0, 0.05) is 41.3 Å². The summed E-state index contributed by atoms with van der Waals surface area (Å²) in [7, 11) is 0. The maximum atomic E-state index is 5.31. The van der Waals surface area contributed by atoms with Crippen LogP contribution in [0.5, 0.6) is 0 Å². The van der Waals surface area contributed by atoms with Crippen molar-refractivity contribution in [2.75, 3.05) is 4.90 Å². The van der Waals surface area contributed by atoms with Gasteiger partial charge in [0.05, 0.1) is 5.70 Å². The summed E-state index contributed by atoms with van der Waals surface area (Å²) in [5.74, 6) is 1.68. The first-order chi connectivity index (χ1) is 25.8. The van der Waals surface area contributed by atoms with Gasteiger partial charge >= 0.3 is 0 Å². The lowest BCUT2D eigenvalue weighted by molar-refractivity contribution is 0.813. The summed E-state index contributed by atoms with van der Waals surface area (Å²) in [5, 5.41) is 7.55. The van der Waals surface area contributed by atoms with E-state index in [2.05, 4.69) is 137 Å². The average Bonchev–Trinajstić information content (AvgIpc) is 3.80. The molecule has 0 N–H and O–H groups in total. The largest absolute Gasteiger partial charge is 0.298 e. The zero-order valence-corrected chi connectivity index (χ0v) is 28.1. The zero-order chi connectivity index (χ0) is 34.2. The summed E-state index contributed by atoms with van der Waals surface area (Å²) < 4.78 is 2.17. The second-order valence-electron chi connectivity index (χ2n) is 13.4. The molecular formula is C46H30N6. The summed E-state index contributed by atoms with van der Waals surface area (Å²) in [6.07, 6.45) is 6.57. The molecule has 11 rings (SSSR count). The van der Waals surface area contributed by atoms with Crippen LogP contribution in [0.15, 0.2) is 174 Å². The van der Waals surface area contributed by atoms with Crippen molar-refractivity contribution < 1.29 is 0 Å². The smallest absolute Gasteiger partial charge is 0.168 e. The van der Waals surface area contributed by atoms with Gasteiger partial charge in [-0.15, -0.1) is 0 Å². The van der Waals surface area contributed by atoms with Gasteiger partial charge in [0.1, 0.15) is 17.2 Å². The molecule has 7 aromatic carbocycles. The number of benzene rings is 7. The Labute approximate surface area is 299 Å². The Bertz CT molecular complexity index is 2920. The van der Waals surface area contributed by atoms with Gasteiger partial charge < -0.3 is 0 Å². The van der Waals surface area contributed by atoms with E-state index < -0.39 is 0 Å². The van der Waals surface area contributed by atoms with E-state index in [1.807, 2.05) is 36.7 Å². The van der Waals surface area contributed by atoms with Crippen molar-refractivity contribution in [2.45, 2.75) is 12.6 Å². The van der Waals surface area contributed by atoms with Crippen molar-refractivity contribution in [3.05, 3.63) is 169 Å². The van der Waals surface area contributed by atoms with Crippen molar-refractivity contribution in [3.63, 3.8) is 0 Å². The summed E-state index contributed by atoms with van der Waals surface area (Å²) in [5.41, 5.74) is 8.89. The van der Waals surface area contributed by atoms with Crippen LogP contribution in [0, 0.1) is 0 Å². The normalized spacial score (nSPS) is 15.5. The summed E-state index contributed by atoms with van der Waals surface area (Å²) in [4.78, 5) is 22.6. The lowest BCUT2D eigenvalue weighted by Gasteiger charge is -2.27. The van der Waals surface area contributed by atoms with E-state index >= 15 is 0 Å². The molecule has 9 aromatic rings. The fourth-order valence-corrected chi connectivity index (χ4v) is 8.12. The fraction of sp³-hybridized carbons (Fsp3) is 0.0435. The molecule has 0 aliphatic carbocycles. The SMILES string of the molecule is C1=NC2C(=CC1)N=C(c1cc(-c3ccc4ccc5cccc6ccc3c4c56)cc(-c3nc4cccnc4n3-c3ccccc3)c1)N2c1ccccc1. The third-order valence-electron chi connectivity index (χ3n) is 10.4. The van der Waals surface area contributed by atoms with E-state index in [1.54, 1.807) is 0 Å². The first-order valence-corrected chi connectivity index (χ1v) is 17.6. The quantitative estimate of drug-likeness (QED) is 0.172. The van der Waals surface area contributed by atoms with Crippen molar-refractivity contribution >= 4 is 61.2 Å². The topological polar surface area (TPSA) is 58.7 Å². The van der Waals surface area contributed by atoms with E-state index in [0.29, 0.717) is 0 Å². The third kappa shape index (κ3) is 4.37. The molecule has 0 saturated carbocycles. The monoisotopic (exact) mass is 666 g/mol. The van der Waals surface area contributed by atoms with Gasteiger partial charge in [0.15, 0.2) is 11.8 Å². The standard InChI is InChI=1S/C46H30N6/c1-3-12-35(13-4-1)51-43(49-39-16-8-24-47-45(39)51)33-26-32(37-22-20-31-19-18-29-10-7-11-30-21-23-38(37)42(31)41(29)30)27-34(28-33)44-50-40-17-9-25-48-46(40)52(44)36-14-5-2-6-15-36/h1-8,10-28,46H,9H2. The van der Waals surface area contributed by atoms with Gasteiger partial charge in [0.2, 0.25) is 0 Å². The molecule has 1 atom stereocenters. The minimum Gasteiger partial charge on any atom is -0.298 e. The maximum absolute atomic E-state index is 5.31. The maximum Gasteiger partial charge on any atom is 0.168 e. The second kappa shape index (κ2) is 11.3. The molecule has 2 aliphatic rings. The van der Waals surface area contributed by atoms with Gasteiger partial charge in [-0.3, -0.25) is 14.5 Å². The number of hydrogen-bond acceptors (Lipinski definition) is 5. The van der Waals surface area contributed by atoms with Crippen LogP contribution >= 0.6 is 0 Å². The molecule has 244 valence electrons. The predicted octanol–water partition coefficient (Wildman–Crippen LogP) is 10.6. The third-order valence-corrected chi connectivity index (χ3v) is 10.4. The van der Waals surface area contributed by atoms with Crippen molar-refractivity contribution in [1.29, 1.82) is 0 Å². The van der Waals surface area contributed by atoms with E-state index in [1.165, 1.54) is 32.3 Å². The summed E-state index contributed by atoms with van der Waals surface area (Å²) in [6, 6.07) is 51.7. The number of aliphatic imine (C=N–C) groups is 2. The molecule has 0 saturated heterocycles. The van der Waals surface area contributed by atoms with Crippen molar-refractivity contribution in [2.24, 2.45) is 9.98 Å². The Morgan fingerprint density at radius 2 is 1.31 bits per heavy atom. The number of amidine groups is 1. The number of dihydropyridines is 1. The summed E-state index contributed by atoms with van der Waals surface area (Å²) in [6.45, 7) is 0. The number of anilines is 1. The highest BCUT2D eigenvalue weighted by atomic mass is 15.3. The Balaban J connectivity index is 1.21. The van der Waals surface area contributed by atoms with Crippen molar-refractivity contribution in [3.8, 4) is 28.2 Å². The Morgan fingerprint density at radius 1 is 0.596 bits per heavy atom. The van der Waals surface area contributed by atoms with Gasteiger partial charge in [-0.25, -0.2) is 15.0 Å². The lowest BCUT2D eigenvalue weighted by Crippen LogP contribution is -2.36. The van der Waals surface area contributed by atoms with Crippen molar-refractivity contribution in [1.82, 2.24) is 14.5 Å². The number of fused-ring (bicyclic) bond motifs is 2. The van der Waals surface area contributed by atoms with E-state index in [0.717, 1.165) is 68.6 Å². The van der Waals surface area contributed by atoms with E-state index in [9.17, 15) is 0 Å². The Morgan fingerprint density at radius 3 is 2.13 bits per heavy atom. The molecule has 2 aromatic heterocycles. The Kier molecular flexibility index (Phi) is 6.28. The van der Waals surface area contributed by atoms with E-state index in [-0.39, 0.29) is 6.17 Å². The van der Waals surface area contributed by atoms with Crippen LogP contribution in [-0.4, -0.2) is 32.8 Å². The van der Waals surface area contributed by atoms with Crippen LogP contribution < -0.4 is 4.90 Å². The highest BCUT2D eigenvalue weighted by molar-refractivity contribution is 6.25. The summed E-state index contributed by atoms with van der Waals surface area (Å²) >= 11 is 0. The number of rotatable bonds is 5. The van der Waals surface area contributed by atoms with Gasteiger partial charge in [-0.1, -0.05) is 97.1 Å². The molecule has 4 heterocycles. The number of para-hydroxylation sites is 2. The average molecular weight is 667 g/mol. The minimum atomic E-state index is -0.217. The first-order valence-electron chi connectivity index (χ1n) is 17.6. The fourth-order valence-electron chi connectivity index (χ4n) is 8.12.